The van der Waals surface area contributed by atoms with Crippen molar-refractivity contribution in [3.8, 4) is 5.75 Å². The third-order valence-electron chi connectivity index (χ3n) is 5.75. The van der Waals surface area contributed by atoms with E-state index in [0.29, 0.717) is 44.9 Å². The molecule has 0 spiro atoms. The molecule has 2 heterocycles. The zero-order valence-corrected chi connectivity index (χ0v) is 19.0. The smallest absolute Gasteiger partial charge is 0.309 e. The van der Waals surface area contributed by atoms with Crippen molar-refractivity contribution in [2.75, 3.05) is 37.8 Å². The summed E-state index contributed by atoms with van der Waals surface area (Å²) in [5, 5.41) is -1.03. The Kier molecular flexibility index (Phi) is 7.09. The van der Waals surface area contributed by atoms with Crippen LogP contribution in [0, 0.1) is 5.92 Å². The predicted molar refractivity (Wildman–Crippen MR) is 112 cm³/mol. The summed E-state index contributed by atoms with van der Waals surface area (Å²) in [6.07, 6.45) is 1.07. The Morgan fingerprint density at radius 3 is 2.27 bits per heavy atom. The molecular weight excluding hydrogens is 430 g/mol. The van der Waals surface area contributed by atoms with Crippen LogP contribution in [0.25, 0.3) is 0 Å². The van der Waals surface area contributed by atoms with E-state index >= 15 is 0 Å². The molecule has 2 atom stereocenters. The van der Waals surface area contributed by atoms with Gasteiger partial charge in [-0.3, -0.25) is 9.69 Å². The maximum Gasteiger partial charge on any atom is 0.309 e. The van der Waals surface area contributed by atoms with Gasteiger partial charge in [-0.1, -0.05) is 0 Å². The van der Waals surface area contributed by atoms with E-state index < -0.39 is 31.0 Å². The molecule has 1 aromatic rings. The first kappa shape index (κ1) is 23.0. The quantitative estimate of drug-likeness (QED) is 0.562. The molecular formula is C20H29NO7S2. The number of carbonyl (C=O) groups is 1. The minimum atomic E-state index is -3.85. The largest absolute Gasteiger partial charge is 0.494 e. The first-order chi connectivity index (χ1) is 14.2. The SMILES string of the molecule is CCOC(=O)C1CCN([C@@H]2CS(=O)(=O)C[C@H]2S(=O)(=O)c2ccc(OCC)cc2)CC1. The lowest BCUT2D eigenvalue weighted by molar-refractivity contribution is -0.149. The van der Waals surface area contributed by atoms with Crippen LogP contribution in [0.1, 0.15) is 26.7 Å². The molecule has 0 aromatic heterocycles. The number of nitrogens with zero attached hydrogens (tertiary/aromatic N) is 1. The van der Waals surface area contributed by atoms with E-state index in [1.54, 1.807) is 19.1 Å². The van der Waals surface area contributed by atoms with E-state index in [1.165, 1.54) is 12.1 Å². The summed E-state index contributed by atoms with van der Waals surface area (Å²) in [6.45, 7) is 5.33. The molecule has 30 heavy (non-hydrogen) atoms. The van der Waals surface area contributed by atoms with Crippen LogP contribution < -0.4 is 4.74 Å². The number of ether oxygens (including phenoxy) is 2. The van der Waals surface area contributed by atoms with Gasteiger partial charge in [-0.2, -0.15) is 0 Å². The summed E-state index contributed by atoms with van der Waals surface area (Å²) >= 11 is 0. The monoisotopic (exact) mass is 459 g/mol. The molecule has 0 N–H and O–H groups in total. The zero-order valence-electron chi connectivity index (χ0n) is 17.3. The number of esters is 1. The summed E-state index contributed by atoms with van der Waals surface area (Å²) < 4.78 is 61.8. The van der Waals surface area contributed by atoms with Crippen molar-refractivity contribution in [2.45, 2.75) is 42.9 Å². The highest BCUT2D eigenvalue weighted by Crippen LogP contribution is 2.32. The third-order valence-corrected chi connectivity index (χ3v) is 9.89. The Balaban J connectivity index is 1.78. The molecule has 1 aromatic carbocycles. The van der Waals surface area contributed by atoms with Gasteiger partial charge in [-0.15, -0.1) is 0 Å². The molecule has 0 aliphatic carbocycles. The van der Waals surface area contributed by atoms with Crippen LogP contribution in [-0.4, -0.2) is 76.8 Å². The van der Waals surface area contributed by atoms with Gasteiger partial charge >= 0.3 is 5.97 Å². The standard InChI is InChI=1S/C20H29NO7S2/c1-3-27-16-5-7-17(8-6-16)30(25,26)19-14-29(23,24)13-18(19)21-11-9-15(10-12-21)20(22)28-4-2/h5-8,15,18-19H,3-4,9-14H2,1-2H3/t18-,19-/m1/s1. The molecule has 0 radical (unpaired) electrons. The topological polar surface area (TPSA) is 107 Å². The molecule has 2 fully saturated rings. The van der Waals surface area contributed by atoms with Gasteiger partial charge in [0.25, 0.3) is 0 Å². The van der Waals surface area contributed by atoms with Gasteiger partial charge in [0.05, 0.1) is 40.8 Å². The van der Waals surface area contributed by atoms with Crippen LogP contribution in [0.3, 0.4) is 0 Å². The number of hydrogen-bond acceptors (Lipinski definition) is 8. The molecule has 168 valence electrons. The fourth-order valence-electron chi connectivity index (χ4n) is 4.23. The van der Waals surface area contributed by atoms with Gasteiger partial charge in [-0.25, -0.2) is 16.8 Å². The number of rotatable bonds is 7. The number of likely N-dealkylation sites (tertiary alicyclic amines) is 1. The van der Waals surface area contributed by atoms with Crippen molar-refractivity contribution >= 4 is 25.6 Å². The van der Waals surface area contributed by atoms with Crippen LogP contribution in [-0.2, 0) is 29.2 Å². The van der Waals surface area contributed by atoms with Gasteiger partial charge in [0.1, 0.15) is 5.75 Å². The van der Waals surface area contributed by atoms with Gasteiger partial charge in [0.2, 0.25) is 0 Å². The Morgan fingerprint density at radius 2 is 1.70 bits per heavy atom. The van der Waals surface area contributed by atoms with Crippen LogP contribution in [0.4, 0.5) is 0 Å². The number of hydrogen-bond donors (Lipinski definition) is 0. The number of sulfone groups is 2. The van der Waals surface area contributed by atoms with Crippen molar-refractivity contribution in [1.29, 1.82) is 0 Å². The fourth-order valence-corrected chi connectivity index (χ4v) is 9.06. The molecule has 3 rings (SSSR count). The van der Waals surface area contributed by atoms with E-state index in [4.69, 9.17) is 9.47 Å². The summed E-state index contributed by atoms with van der Waals surface area (Å²) in [7, 11) is -7.32. The summed E-state index contributed by atoms with van der Waals surface area (Å²) in [4.78, 5) is 14.0. The second-order valence-electron chi connectivity index (χ2n) is 7.69. The van der Waals surface area contributed by atoms with Crippen LogP contribution in [0.2, 0.25) is 0 Å². The summed E-state index contributed by atoms with van der Waals surface area (Å²) in [5.74, 6) is -0.466. The van der Waals surface area contributed by atoms with Crippen molar-refractivity contribution in [3.63, 3.8) is 0 Å². The molecule has 0 bridgehead atoms. The Bertz CT molecular complexity index is 949. The van der Waals surface area contributed by atoms with E-state index in [0.717, 1.165) is 0 Å². The third kappa shape index (κ3) is 4.97. The average molecular weight is 460 g/mol. The Hall–Kier alpha value is -1.65. The normalized spacial score (nSPS) is 25.1. The van der Waals surface area contributed by atoms with Crippen molar-refractivity contribution < 1.29 is 31.1 Å². The lowest BCUT2D eigenvalue weighted by Crippen LogP contribution is -2.50. The van der Waals surface area contributed by atoms with E-state index in [-0.39, 0.29) is 28.3 Å². The lowest BCUT2D eigenvalue weighted by atomic mass is 9.95. The van der Waals surface area contributed by atoms with Crippen LogP contribution in [0.5, 0.6) is 5.75 Å². The molecule has 8 nitrogen and oxygen atoms in total. The highest BCUT2D eigenvalue weighted by atomic mass is 32.2. The van der Waals surface area contributed by atoms with E-state index in [2.05, 4.69) is 0 Å². The first-order valence-electron chi connectivity index (χ1n) is 10.3. The van der Waals surface area contributed by atoms with Crippen molar-refractivity contribution in [1.82, 2.24) is 4.90 Å². The Morgan fingerprint density at radius 1 is 1.07 bits per heavy atom. The predicted octanol–water partition coefficient (Wildman–Crippen LogP) is 1.30. The molecule has 2 saturated heterocycles. The van der Waals surface area contributed by atoms with Crippen LogP contribution in [0.15, 0.2) is 29.2 Å². The summed E-state index contributed by atoms with van der Waals surface area (Å²) in [6, 6.07) is 5.49. The molecule has 2 aliphatic rings. The average Bonchev–Trinajstić information content (AvgIpc) is 3.05. The van der Waals surface area contributed by atoms with Gasteiger partial charge in [0, 0.05) is 6.04 Å². The molecule has 0 unspecified atom stereocenters. The zero-order chi connectivity index (χ0) is 21.9. The maximum absolute atomic E-state index is 13.3. The minimum absolute atomic E-state index is 0.0967. The highest BCUT2D eigenvalue weighted by molar-refractivity contribution is 7.96. The lowest BCUT2D eigenvalue weighted by Gasteiger charge is -2.36. The number of benzene rings is 1. The fraction of sp³-hybridized carbons (Fsp3) is 0.650. The number of carbonyl (C=O) groups excluding carboxylic acids is 1. The first-order valence-corrected chi connectivity index (χ1v) is 13.6. The van der Waals surface area contributed by atoms with E-state index in [9.17, 15) is 21.6 Å². The minimum Gasteiger partial charge on any atom is -0.494 e. The van der Waals surface area contributed by atoms with Gasteiger partial charge in [-0.05, 0) is 64.0 Å². The molecule has 10 heteroatoms. The van der Waals surface area contributed by atoms with Crippen molar-refractivity contribution in [3.05, 3.63) is 24.3 Å². The van der Waals surface area contributed by atoms with E-state index in [1.807, 2.05) is 11.8 Å². The maximum atomic E-state index is 13.3. The molecule has 0 saturated carbocycles. The van der Waals surface area contributed by atoms with Gasteiger partial charge < -0.3 is 9.47 Å². The van der Waals surface area contributed by atoms with Gasteiger partial charge in [0.15, 0.2) is 19.7 Å². The van der Waals surface area contributed by atoms with Crippen molar-refractivity contribution in [2.24, 2.45) is 5.92 Å². The second-order valence-corrected chi connectivity index (χ2v) is 12.0. The Labute approximate surface area is 178 Å². The molecule has 2 aliphatic heterocycles. The molecule has 0 amide bonds. The number of piperidine rings is 1. The highest BCUT2D eigenvalue weighted by Gasteiger charge is 2.49. The van der Waals surface area contributed by atoms with Crippen LogP contribution >= 0.6 is 0 Å². The second kappa shape index (κ2) is 9.23. The summed E-state index contributed by atoms with van der Waals surface area (Å²) in [5.41, 5.74) is 0.